The standard InChI is InChI=1S/C23H37NO4/c1-27-22-9-8-18(15-20(22)17-26)11-14-28-23-7-3-2-6-21(23)24-12-10-19(16-24)5-4-13-25/h8-9,17,19-21,23,25H,2-7,10-16H2,1H3. The number of aliphatic hydroxyl groups is 1. The first-order valence-electron chi connectivity index (χ1n) is 11.1. The second-order valence-electron chi connectivity index (χ2n) is 8.57. The zero-order valence-corrected chi connectivity index (χ0v) is 17.4. The molecule has 3 aliphatic rings. The van der Waals surface area contributed by atoms with E-state index in [2.05, 4.69) is 11.0 Å². The molecular formula is C23H37NO4. The van der Waals surface area contributed by atoms with Crippen LogP contribution >= 0.6 is 0 Å². The lowest BCUT2D eigenvalue weighted by Crippen LogP contribution is -2.45. The van der Waals surface area contributed by atoms with E-state index in [9.17, 15) is 4.79 Å². The van der Waals surface area contributed by atoms with Gasteiger partial charge in [-0.2, -0.15) is 0 Å². The number of rotatable bonds is 10. The summed E-state index contributed by atoms with van der Waals surface area (Å²) < 4.78 is 11.7. The van der Waals surface area contributed by atoms with Gasteiger partial charge in [-0.05, 0) is 63.5 Å². The fraction of sp³-hybridized carbons (Fsp3) is 0.783. The maximum Gasteiger partial charge on any atom is 0.130 e. The maximum absolute atomic E-state index is 11.3. The van der Waals surface area contributed by atoms with Crippen molar-refractivity contribution >= 4 is 6.29 Å². The van der Waals surface area contributed by atoms with Crippen molar-refractivity contribution in [1.82, 2.24) is 4.90 Å². The number of methoxy groups -OCH3 is 1. The minimum atomic E-state index is -0.145. The predicted octanol–water partition coefficient (Wildman–Crippen LogP) is 3.47. The fourth-order valence-corrected chi connectivity index (χ4v) is 5.10. The lowest BCUT2D eigenvalue weighted by atomic mass is 9.90. The first-order valence-corrected chi connectivity index (χ1v) is 11.1. The number of carbonyl (C=O) groups excluding carboxylic acids is 1. The Morgan fingerprint density at radius 1 is 1.25 bits per heavy atom. The summed E-state index contributed by atoms with van der Waals surface area (Å²) in [7, 11) is 1.63. The molecule has 0 aromatic rings. The van der Waals surface area contributed by atoms with Crippen LogP contribution in [0.15, 0.2) is 23.5 Å². The lowest BCUT2D eigenvalue weighted by Gasteiger charge is -2.38. The molecule has 2 fully saturated rings. The average Bonchev–Trinajstić information content (AvgIpc) is 3.21. The van der Waals surface area contributed by atoms with Gasteiger partial charge in [0.1, 0.15) is 12.0 Å². The van der Waals surface area contributed by atoms with E-state index >= 15 is 0 Å². The van der Waals surface area contributed by atoms with Gasteiger partial charge in [-0.15, -0.1) is 0 Å². The molecule has 0 aromatic carbocycles. The minimum Gasteiger partial charge on any atom is -0.500 e. The van der Waals surface area contributed by atoms with Crippen molar-refractivity contribution in [3.05, 3.63) is 23.5 Å². The minimum absolute atomic E-state index is 0.145. The third-order valence-corrected chi connectivity index (χ3v) is 6.71. The summed E-state index contributed by atoms with van der Waals surface area (Å²) in [6.07, 6.45) is 15.3. The second-order valence-corrected chi connectivity index (χ2v) is 8.57. The molecule has 1 N–H and O–H groups in total. The number of carbonyl (C=O) groups is 1. The summed E-state index contributed by atoms with van der Waals surface area (Å²) in [6.45, 7) is 3.39. The number of hydrogen-bond donors (Lipinski definition) is 1. The number of hydrogen-bond acceptors (Lipinski definition) is 5. The predicted molar refractivity (Wildman–Crippen MR) is 110 cm³/mol. The lowest BCUT2D eigenvalue weighted by molar-refractivity contribution is -0.111. The van der Waals surface area contributed by atoms with E-state index < -0.39 is 0 Å². The molecular weight excluding hydrogens is 354 g/mol. The molecule has 4 unspecified atom stereocenters. The second kappa shape index (κ2) is 11.1. The zero-order chi connectivity index (χ0) is 19.8. The van der Waals surface area contributed by atoms with E-state index in [1.165, 1.54) is 44.3 Å². The molecule has 0 bridgehead atoms. The van der Waals surface area contributed by atoms with Crippen molar-refractivity contribution in [2.24, 2.45) is 11.8 Å². The molecule has 0 amide bonds. The smallest absolute Gasteiger partial charge is 0.130 e. The van der Waals surface area contributed by atoms with Crippen LogP contribution < -0.4 is 0 Å². The first-order chi connectivity index (χ1) is 13.7. The molecule has 5 heteroatoms. The van der Waals surface area contributed by atoms with Crippen LogP contribution in [-0.2, 0) is 14.3 Å². The Bertz CT molecular complexity index is 559. The van der Waals surface area contributed by atoms with E-state index in [1.54, 1.807) is 7.11 Å². The van der Waals surface area contributed by atoms with Crippen LogP contribution in [0.3, 0.4) is 0 Å². The van der Waals surface area contributed by atoms with E-state index in [4.69, 9.17) is 14.6 Å². The third kappa shape index (κ3) is 5.68. The number of ether oxygens (including phenoxy) is 2. The maximum atomic E-state index is 11.3. The van der Waals surface area contributed by atoms with Gasteiger partial charge in [-0.1, -0.05) is 24.5 Å². The summed E-state index contributed by atoms with van der Waals surface area (Å²) in [6, 6.07) is 0.552. The van der Waals surface area contributed by atoms with Gasteiger partial charge in [0, 0.05) is 19.2 Å². The van der Waals surface area contributed by atoms with Gasteiger partial charge in [0.05, 0.1) is 25.7 Å². The quantitative estimate of drug-likeness (QED) is 0.578. The van der Waals surface area contributed by atoms with Crippen LogP contribution in [0.2, 0.25) is 0 Å². The summed E-state index contributed by atoms with van der Waals surface area (Å²) in [5.41, 5.74) is 1.27. The van der Waals surface area contributed by atoms with Gasteiger partial charge in [0.25, 0.3) is 0 Å². The SMILES string of the molecule is COC1=CC=C(CCOC2CCCCC2N2CCC(CCCO)C2)CC1C=O. The highest BCUT2D eigenvalue weighted by molar-refractivity contribution is 5.60. The molecule has 28 heavy (non-hydrogen) atoms. The Labute approximate surface area is 169 Å². The Kier molecular flexibility index (Phi) is 8.56. The number of likely N-dealkylation sites (tertiary alicyclic amines) is 1. The molecule has 0 spiro atoms. The molecule has 0 radical (unpaired) electrons. The number of aliphatic hydroxyl groups excluding tert-OH is 1. The van der Waals surface area contributed by atoms with Gasteiger partial charge < -0.3 is 19.4 Å². The third-order valence-electron chi connectivity index (χ3n) is 6.71. The van der Waals surface area contributed by atoms with Crippen LogP contribution in [0.4, 0.5) is 0 Å². The molecule has 1 heterocycles. The largest absolute Gasteiger partial charge is 0.500 e. The van der Waals surface area contributed by atoms with Gasteiger partial charge >= 0.3 is 0 Å². The van der Waals surface area contributed by atoms with Crippen molar-refractivity contribution in [2.75, 3.05) is 33.4 Å². The molecule has 4 atom stereocenters. The van der Waals surface area contributed by atoms with Crippen molar-refractivity contribution < 1.29 is 19.4 Å². The summed E-state index contributed by atoms with van der Waals surface area (Å²) in [5, 5.41) is 9.08. The van der Waals surface area contributed by atoms with Crippen molar-refractivity contribution in [3.8, 4) is 0 Å². The molecule has 1 saturated carbocycles. The van der Waals surface area contributed by atoms with Crippen LogP contribution in [-0.4, -0.2) is 61.9 Å². The molecule has 1 saturated heterocycles. The van der Waals surface area contributed by atoms with E-state index in [1.807, 2.05) is 6.08 Å². The summed E-state index contributed by atoms with van der Waals surface area (Å²) in [4.78, 5) is 13.9. The molecule has 2 aliphatic carbocycles. The van der Waals surface area contributed by atoms with Gasteiger partial charge in [-0.25, -0.2) is 0 Å². The summed E-state index contributed by atoms with van der Waals surface area (Å²) >= 11 is 0. The molecule has 3 rings (SSSR count). The molecule has 5 nitrogen and oxygen atoms in total. The van der Waals surface area contributed by atoms with E-state index in [-0.39, 0.29) is 5.92 Å². The van der Waals surface area contributed by atoms with Gasteiger partial charge in [0.2, 0.25) is 0 Å². The van der Waals surface area contributed by atoms with E-state index in [0.717, 1.165) is 56.7 Å². The normalized spacial score (nSPS) is 31.4. The molecule has 1 aliphatic heterocycles. The van der Waals surface area contributed by atoms with Crippen molar-refractivity contribution in [2.45, 2.75) is 69.9 Å². The number of nitrogens with zero attached hydrogens (tertiary/aromatic N) is 1. The highest BCUT2D eigenvalue weighted by atomic mass is 16.5. The highest BCUT2D eigenvalue weighted by Gasteiger charge is 2.35. The molecule has 0 aromatic heterocycles. The Hall–Kier alpha value is -1.17. The topological polar surface area (TPSA) is 59.0 Å². The van der Waals surface area contributed by atoms with Crippen LogP contribution in [0.5, 0.6) is 0 Å². The Morgan fingerprint density at radius 2 is 2.11 bits per heavy atom. The zero-order valence-electron chi connectivity index (χ0n) is 17.4. The van der Waals surface area contributed by atoms with Crippen molar-refractivity contribution in [3.63, 3.8) is 0 Å². The molecule has 158 valence electrons. The Balaban J connectivity index is 1.47. The Morgan fingerprint density at radius 3 is 2.89 bits per heavy atom. The first kappa shape index (κ1) is 21.5. The number of allylic oxidation sites excluding steroid dienone is 3. The number of aldehydes is 1. The van der Waals surface area contributed by atoms with Crippen LogP contribution in [0.1, 0.15) is 57.8 Å². The average molecular weight is 392 g/mol. The van der Waals surface area contributed by atoms with Crippen molar-refractivity contribution in [1.29, 1.82) is 0 Å². The highest BCUT2D eigenvalue weighted by Crippen LogP contribution is 2.32. The van der Waals surface area contributed by atoms with Gasteiger partial charge in [0.15, 0.2) is 0 Å². The van der Waals surface area contributed by atoms with Crippen LogP contribution in [0.25, 0.3) is 0 Å². The summed E-state index contributed by atoms with van der Waals surface area (Å²) in [5.74, 6) is 1.36. The van der Waals surface area contributed by atoms with Crippen LogP contribution in [0, 0.1) is 11.8 Å². The van der Waals surface area contributed by atoms with Gasteiger partial charge in [-0.3, -0.25) is 4.90 Å². The fourth-order valence-electron chi connectivity index (χ4n) is 5.10. The van der Waals surface area contributed by atoms with E-state index in [0.29, 0.717) is 18.8 Å². The monoisotopic (exact) mass is 391 g/mol.